The van der Waals surface area contributed by atoms with Crippen molar-refractivity contribution in [3.8, 4) is 11.1 Å². The summed E-state index contributed by atoms with van der Waals surface area (Å²) < 4.78 is 0. The van der Waals surface area contributed by atoms with E-state index in [1.165, 1.54) is 6.08 Å². The molecule has 0 saturated carbocycles. The second kappa shape index (κ2) is 11.0. The molecule has 0 atom stereocenters. The van der Waals surface area contributed by atoms with E-state index in [-0.39, 0.29) is 12.5 Å². The maximum absolute atomic E-state index is 12.0. The van der Waals surface area contributed by atoms with Crippen LogP contribution in [-0.2, 0) is 4.79 Å². The number of hydrogen-bond acceptors (Lipinski definition) is 2. The monoisotopic (exact) mass is 390 g/mol. The van der Waals surface area contributed by atoms with Crippen LogP contribution in [0.2, 0.25) is 10.0 Å². The predicted octanol–water partition coefficient (Wildman–Crippen LogP) is 5.14. The molecule has 0 aliphatic rings. The fourth-order valence-corrected chi connectivity index (χ4v) is 3.06. The minimum atomic E-state index is -0.141. The maximum atomic E-state index is 12.0. The fraction of sp³-hybridized carbons (Fsp3) is 0.286. The van der Waals surface area contributed by atoms with Gasteiger partial charge >= 0.3 is 0 Å². The lowest BCUT2D eigenvalue weighted by Gasteiger charge is -2.08. The molecular weight excluding hydrogens is 369 g/mol. The summed E-state index contributed by atoms with van der Waals surface area (Å²) >= 11 is 12.3. The molecule has 0 spiro atoms. The van der Waals surface area contributed by atoms with Gasteiger partial charge in [-0.25, -0.2) is 0 Å². The van der Waals surface area contributed by atoms with E-state index in [4.69, 9.17) is 28.3 Å². The lowest BCUT2D eigenvalue weighted by atomic mass is 9.99. The van der Waals surface area contributed by atoms with Gasteiger partial charge in [-0.1, -0.05) is 60.3 Å². The highest BCUT2D eigenvalue weighted by atomic mass is 35.5. The highest BCUT2D eigenvalue weighted by Crippen LogP contribution is 2.32. The van der Waals surface area contributed by atoms with Gasteiger partial charge in [0.1, 0.15) is 0 Å². The molecule has 2 aromatic rings. The van der Waals surface area contributed by atoms with E-state index in [2.05, 4.69) is 11.4 Å². The van der Waals surface area contributed by atoms with Crippen LogP contribution in [0.4, 0.5) is 0 Å². The average molecular weight is 391 g/mol. The molecule has 0 unspecified atom stereocenters. The van der Waals surface area contributed by atoms with Crippen LogP contribution in [0.1, 0.15) is 31.2 Å². The van der Waals surface area contributed by atoms with Gasteiger partial charge < -0.3 is 10.4 Å². The van der Waals surface area contributed by atoms with Gasteiger partial charge in [-0.05, 0) is 48.2 Å². The zero-order chi connectivity index (χ0) is 18.8. The highest BCUT2D eigenvalue weighted by molar-refractivity contribution is 6.36. The van der Waals surface area contributed by atoms with Crippen LogP contribution in [0.3, 0.4) is 0 Å². The number of nitrogens with one attached hydrogen (secondary N) is 1. The van der Waals surface area contributed by atoms with Gasteiger partial charge in [-0.3, -0.25) is 4.79 Å². The summed E-state index contributed by atoms with van der Waals surface area (Å²) in [5.74, 6) is -0.141. The van der Waals surface area contributed by atoms with Gasteiger partial charge in [0.25, 0.3) is 0 Å². The average Bonchev–Trinajstić information content (AvgIpc) is 2.63. The molecule has 5 heteroatoms. The predicted molar refractivity (Wildman–Crippen MR) is 108 cm³/mol. The van der Waals surface area contributed by atoms with Crippen molar-refractivity contribution in [3.05, 3.63) is 64.1 Å². The largest absolute Gasteiger partial charge is 0.396 e. The third-order valence-electron chi connectivity index (χ3n) is 3.89. The van der Waals surface area contributed by atoms with Crippen molar-refractivity contribution >= 4 is 35.2 Å². The zero-order valence-corrected chi connectivity index (χ0v) is 16.0. The molecule has 3 nitrogen and oxygen atoms in total. The molecule has 0 bridgehead atoms. The van der Waals surface area contributed by atoms with Crippen LogP contribution in [0.25, 0.3) is 17.2 Å². The molecule has 137 valence electrons. The van der Waals surface area contributed by atoms with Crippen molar-refractivity contribution in [2.45, 2.75) is 25.7 Å². The summed E-state index contributed by atoms with van der Waals surface area (Å²) in [5.41, 5.74) is 2.52. The van der Waals surface area contributed by atoms with E-state index < -0.39 is 0 Å². The van der Waals surface area contributed by atoms with E-state index in [0.29, 0.717) is 16.6 Å². The Kier molecular flexibility index (Phi) is 8.69. The van der Waals surface area contributed by atoms with Crippen molar-refractivity contribution in [1.82, 2.24) is 5.32 Å². The number of benzene rings is 2. The third-order valence-corrected chi connectivity index (χ3v) is 4.44. The van der Waals surface area contributed by atoms with Gasteiger partial charge in [0.15, 0.2) is 0 Å². The van der Waals surface area contributed by atoms with Gasteiger partial charge in [0.2, 0.25) is 5.91 Å². The van der Waals surface area contributed by atoms with Crippen molar-refractivity contribution < 1.29 is 9.90 Å². The Morgan fingerprint density at radius 3 is 2.69 bits per heavy atom. The van der Waals surface area contributed by atoms with Gasteiger partial charge in [-0.2, -0.15) is 0 Å². The van der Waals surface area contributed by atoms with Gasteiger partial charge in [-0.15, -0.1) is 0 Å². The van der Waals surface area contributed by atoms with Gasteiger partial charge in [0.05, 0.1) is 0 Å². The first-order valence-corrected chi connectivity index (χ1v) is 9.40. The van der Waals surface area contributed by atoms with Crippen molar-refractivity contribution in [2.24, 2.45) is 0 Å². The molecule has 0 aromatic heterocycles. The SMILES string of the molecule is O=C(/C=C/c1[c]cccc1-c1ccc(Cl)cc1Cl)NCCCCCCO. The first kappa shape index (κ1) is 20.5. The van der Waals surface area contributed by atoms with Crippen LogP contribution < -0.4 is 5.32 Å². The normalized spacial score (nSPS) is 11.0. The molecule has 2 N–H and O–H groups in total. The van der Waals surface area contributed by atoms with E-state index >= 15 is 0 Å². The first-order valence-electron chi connectivity index (χ1n) is 8.64. The number of halogens is 2. The third kappa shape index (κ3) is 6.49. The van der Waals surface area contributed by atoms with Crippen LogP contribution in [0, 0.1) is 6.07 Å². The van der Waals surface area contributed by atoms with E-state index in [1.54, 1.807) is 24.3 Å². The van der Waals surface area contributed by atoms with Crippen LogP contribution in [0.15, 0.2) is 42.5 Å². The van der Waals surface area contributed by atoms with Crippen LogP contribution >= 0.6 is 23.2 Å². The number of rotatable bonds is 9. The van der Waals surface area contributed by atoms with E-state index in [0.717, 1.165) is 42.4 Å². The summed E-state index contributed by atoms with van der Waals surface area (Å²) in [6.45, 7) is 0.853. The smallest absolute Gasteiger partial charge is 0.243 e. The Morgan fingerprint density at radius 1 is 1.12 bits per heavy atom. The molecule has 2 rings (SSSR count). The van der Waals surface area contributed by atoms with Gasteiger partial charge in [0, 0.05) is 34.8 Å². The second-order valence-electron chi connectivity index (χ2n) is 5.88. The quantitative estimate of drug-likeness (QED) is 0.459. The number of unbranched alkanes of at least 4 members (excludes halogenated alkanes) is 3. The molecule has 0 aliphatic carbocycles. The molecule has 0 aliphatic heterocycles. The molecular formula is C21H22Cl2NO2. The van der Waals surface area contributed by atoms with Crippen molar-refractivity contribution in [2.75, 3.05) is 13.2 Å². The molecule has 0 fully saturated rings. The van der Waals surface area contributed by atoms with Crippen molar-refractivity contribution in [3.63, 3.8) is 0 Å². The maximum Gasteiger partial charge on any atom is 0.243 e. The number of carbonyl (C=O) groups excluding carboxylic acids is 1. The van der Waals surface area contributed by atoms with Crippen molar-refractivity contribution in [1.29, 1.82) is 0 Å². The second-order valence-corrected chi connectivity index (χ2v) is 6.73. The lowest BCUT2D eigenvalue weighted by Crippen LogP contribution is -2.21. The molecule has 1 radical (unpaired) electrons. The molecule has 26 heavy (non-hydrogen) atoms. The number of aliphatic hydroxyl groups excluding tert-OH is 1. The summed E-state index contributed by atoms with van der Waals surface area (Å²) in [7, 11) is 0. The van der Waals surface area contributed by atoms with E-state index in [1.807, 2.05) is 18.2 Å². The number of aliphatic hydroxyl groups is 1. The Morgan fingerprint density at radius 2 is 1.92 bits per heavy atom. The fourth-order valence-electron chi connectivity index (χ4n) is 2.55. The number of amides is 1. The topological polar surface area (TPSA) is 49.3 Å². The summed E-state index contributed by atoms with van der Waals surface area (Å²) in [5, 5.41) is 12.7. The molecule has 0 heterocycles. The Labute approximate surface area is 164 Å². The summed E-state index contributed by atoms with van der Waals surface area (Å²) in [6, 6.07) is 14.1. The minimum Gasteiger partial charge on any atom is -0.396 e. The molecule has 2 aromatic carbocycles. The molecule has 1 amide bonds. The summed E-state index contributed by atoms with van der Waals surface area (Å²) in [4.78, 5) is 12.0. The zero-order valence-electron chi connectivity index (χ0n) is 14.5. The van der Waals surface area contributed by atoms with E-state index in [9.17, 15) is 4.79 Å². The van der Waals surface area contributed by atoms with Crippen LogP contribution in [-0.4, -0.2) is 24.2 Å². The summed E-state index contributed by atoms with van der Waals surface area (Å²) in [6.07, 6.45) is 6.94. The molecule has 0 saturated heterocycles. The Hall–Kier alpha value is -1.81. The highest BCUT2D eigenvalue weighted by Gasteiger charge is 2.08. The standard InChI is InChI=1S/C21H22Cl2NO2/c22-17-10-11-19(20(23)15-17)18-8-4-3-7-16(18)9-12-21(26)24-13-5-1-2-6-14-25/h3-4,8-12,15,25H,1-2,5-6,13-14H2,(H,24,26)/b12-9+. The number of hydrogen-bond donors (Lipinski definition) is 2. The Bertz CT molecular complexity index is 759. The Balaban J connectivity index is 1.99. The minimum absolute atomic E-state index is 0.141. The number of carbonyl (C=O) groups is 1. The first-order chi connectivity index (χ1) is 12.6. The lowest BCUT2D eigenvalue weighted by molar-refractivity contribution is -0.116. The van der Waals surface area contributed by atoms with Crippen LogP contribution in [0.5, 0.6) is 0 Å².